The molecule has 0 amide bonds. The minimum absolute atomic E-state index is 0.0274. The Morgan fingerprint density at radius 1 is 1.17 bits per heavy atom. The van der Waals surface area contributed by atoms with Crippen molar-refractivity contribution >= 4 is 14.3 Å². The summed E-state index contributed by atoms with van der Waals surface area (Å²) in [6.07, 6.45) is -0.517. The lowest BCUT2D eigenvalue weighted by atomic mass is 10.2. The lowest BCUT2D eigenvalue weighted by Crippen LogP contribution is -2.46. The average molecular weight is 355 g/mol. The van der Waals surface area contributed by atoms with Crippen molar-refractivity contribution in [3.05, 3.63) is 35.9 Å². The molecule has 0 fully saturated rings. The molecule has 0 radical (unpaired) electrons. The molecular weight excluding hydrogens is 324 g/mol. The first-order valence-corrected chi connectivity index (χ1v) is 11.1. The molecule has 1 rings (SSSR count). The predicted octanol–water partition coefficient (Wildman–Crippen LogP) is 4.04. The fourth-order valence-corrected chi connectivity index (χ4v) is 3.09. The SMILES string of the molecule is CC(C)(C)[Si](C)(C)O[C@@H](CCOCOCc1ccccc1)C(=O)O. The van der Waals surface area contributed by atoms with E-state index in [9.17, 15) is 9.90 Å². The molecule has 24 heavy (non-hydrogen) atoms. The Labute approximate surface area is 146 Å². The van der Waals surface area contributed by atoms with Crippen LogP contribution in [0, 0.1) is 0 Å². The van der Waals surface area contributed by atoms with E-state index in [-0.39, 0.29) is 11.8 Å². The number of hydrogen-bond donors (Lipinski definition) is 1. The van der Waals surface area contributed by atoms with E-state index in [1.165, 1.54) is 0 Å². The second-order valence-corrected chi connectivity index (χ2v) is 12.1. The summed E-state index contributed by atoms with van der Waals surface area (Å²) in [4.78, 5) is 11.4. The van der Waals surface area contributed by atoms with Crippen LogP contribution >= 0.6 is 0 Å². The number of ether oxygens (including phenoxy) is 2. The summed E-state index contributed by atoms with van der Waals surface area (Å²) in [6.45, 7) is 11.3. The summed E-state index contributed by atoms with van der Waals surface area (Å²) in [5, 5.41) is 9.34. The maximum atomic E-state index is 11.4. The summed E-state index contributed by atoms with van der Waals surface area (Å²) in [7, 11) is -2.12. The zero-order chi connectivity index (χ0) is 18.2. The van der Waals surface area contributed by atoms with Gasteiger partial charge in [-0.25, -0.2) is 4.79 Å². The Morgan fingerprint density at radius 3 is 2.33 bits per heavy atom. The van der Waals surface area contributed by atoms with Gasteiger partial charge in [-0.1, -0.05) is 51.1 Å². The average Bonchev–Trinajstić information content (AvgIpc) is 2.49. The molecule has 0 saturated heterocycles. The van der Waals surface area contributed by atoms with Gasteiger partial charge in [0.25, 0.3) is 0 Å². The van der Waals surface area contributed by atoms with Crippen molar-refractivity contribution in [3.8, 4) is 0 Å². The standard InChI is InChI=1S/C18H30O5Si/c1-18(2,3)24(4,5)23-16(17(19)20)11-12-21-14-22-13-15-9-7-6-8-10-15/h6-10,16H,11-14H2,1-5H3,(H,19,20)/t16-/m0/s1. The zero-order valence-corrected chi connectivity index (χ0v) is 16.4. The molecular formula is C18H30O5Si. The molecule has 0 aliphatic rings. The van der Waals surface area contributed by atoms with Gasteiger partial charge in [0, 0.05) is 6.42 Å². The Morgan fingerprint density at radius 2 is 1.79 bits per heavy atom. The molecule has 5 nitrogen and oxygen atoms in total. The largest absolute Gasteiger partial charge is 0.479 e. The number of hydrogen-bond acceptors (Lipinski definition) is 4. The van der Waals surface area contributed by atoms with Gasteiger partial charge in [-0.2, -0.15) is 0 Å². The molecule has 136 valence electrons. The maximum absolute atomic E-state index is 11.4. The molecule has 0 heterocycles. The van der Waals surface area contributed by atoms with Crippen molar-refractivity contribution in [2.75, 3.05) is 13.4 Å². The molecule has 0 spiro atoms. The Kier molecular flexibility index (Phi) is 8.09. The molecule has 1 aromatic carbocycles. The van der Waals surface area contributed by atoms with Gasteiger partial charge in [-0.05, 0) is 23.7 Å². The molecule has 1 aromatic rings. The quantitative estimate of drug-likeness (QED) is 0.390. The minimum atomic E-state index is -2.12. The summed E-state index contributed by atoms with van der Waals surface area (Å²) in [6, 6.07) is 9.82. The molecule has 0 aliphatic heterocycles. The Bertz CT molecular complexity index is 496. The van der Waals surface area contributed by atoms with E-state index in [0.717, 1.165) is 5.56 Å². The third-order valence-electron chi connectivity index (χ3n) is 4.32. The van der Waals surface area contributed by atoms with Gasteiger partial charge in [0.1, 0.15) is 12.9 Å². The second-order valence-electron chi connectivity index (χ2n) is 7.35. The van der Waals surface area contributed by atoms with Crippen molar-refractivity contribution in [3.63, 3.8) is 0 Å². The van der Waals surface area contributed by atoms with Gasteiger partial charge in [0.2, 0.25) is 0 Å². The molecule has 1 atom stereocenters. The van der Waals surface area contributed by atoms with Crippen LogP contribution in [-0.4, -0.2) is 38.9 Å². The summed E-state index contributed by atoms with van der Waals surface area (Å²) < 4.78 is 16.8. The van der Waals surface area contributed by atoms with E-state index in [1.807, 2.05) is 43.4 Å². The number of carboxylic acid groups (broad SMARTS) is 1. The molecule has 0 bridgehead atoms. The van der Waals surface area contributed by atoms with Gasteiger partial charge < -0.3 is 19.0 Å². The zero-order valence-electron chi connectivity index (χ0n) is 15.4. The van der Waals surface area contributed by atoms with Crippen LogP contribution in [-0.2, 0) is 25.3 Å². The number of carbonyl (C=O) groups is 1. The van der Waals surface area contributed by atoms with E-state index >= 15 is 0 Å². The van der Waals surface area contributed by atoms with Crippen LogP contribution in [0.5, 0.6) is 0 Å². The first-order valence-electron chi connectivity index (χ1n) is 8.23. The van der Waals surface area contributed by atoms with Crippen molar-refractivity contribution in [2.45, 2.75) is 58.0 Å². The third-order valence-corrected chi connectivity index (χ3v) is 8.81. The highest BCUT2D eigenvalue weighted by molar-refractivity contribution is 6.74. The molecule has 1 N–H and O–H groups in total. The summed E-state index contributed by atoms with van der Waals surface area (Å²) in [5.41, 5.74) is 1.07. The van der Waals surface area contributed by atoms with E-state index in [4.69, 9.17) is 13.9 Å². The van der Waals surface area contributed by atoms with Crippen LogP contribution in [0.2, 0.25) is 18.1 Å². The first kappa shape index (κ1) is 20.8. The Balaban J connectivity index is 2.30. The number of rotatable bonds is 10. The van der Waals surface area contributed by atoms with Gasteiger partial charge in [-0.15, -0.1) is 0 Å². The number of carboxylic acids is 1. The van der Waals surface area contributed by atoms with Crippen LogP contribution in [0.15, 0.2) is 30.3 Å². The monoisotopic (exact) mass is 354 g/mol. The smallest absolute Gasteiger partial charge is 0.331 e. The van der Waals surface area contributed by atoms with Gasteiger partial charge in [0.15, 0.2) is 8.32 Å². The van der Waals surface area contributed by atoms with Crippen LogP contribution in [0.1, 0.15) is 32.8 Å². The molecule has 6 heteroatoms. The molecule has 0 aliphatic carbocycles. The normalized spacial score (nSPS) is 13.7. The second kappa shape index (κ2) is 9.32. The van der Waals surface area contributed by atoms with E-state index < -0.39 is 20.4 Å². The third kappa shape index (κ3) is 7.13. The fraction of sp³-hybridized carbons (Fsp3) is 0.611. The molecule has 0 aromatic heterocycles. The Hall–Kier alpha value is -1.21. The van der Waals surface area contributed by atoms with Crippen LogP contribution in [0.4, 0.5) is 0 Å². The van der Waals surface area contributed by atoms with E-state index in [0.29, 0.717) is 19.6 Å². The number of benzene rings is 1. The van der Waals surface area contributed by atoms with Crippen molar-refractivity contribution in [2.24, 2.45) is 0 Å². The lowest BCUT2D eigenvalue weighted by Gasteiger charge is -2.38. The molecule has 0 saturated carbocycles. The van der Waals surface area contributed by atoms with Crippen molar-refractivity contribution in [1.29, 1.82) is 0 Å². The van der Waals surface area contributed by atoms with Crippen LogP contribution in [0.25, 0.3) is 0 Å². The van der Waals surface area contributed by atoms with Crippen LogP contribution < -0.4 is 0 Å². The lowest BCUT2D eigenvalue weighted by molar-refractivity contribution is -0.147. The van der Waals surface area contributed by atoms with Gasteiger partial charge in [0.05, 0.1) is 13.2 Å². The topological polar surface area (TPSA) is 65.0 Å². The summed E-state index contributed by atoms with van der Waals surface area (Å²) in [5.74, 6) is -0.936. The highest BCUT2D eigenvalue weighted by atomic mass is 28.4. The number of aliphatic carboxylic acids is 1. The van der Waals surface area contributed by atoms with Gasteiger partial charge in [-0.3, -0.25) is 0 Å². The van der Waals surface area contributed by atoms with Gasteiger partial charge >= 0.3 is 5.97 Å². The maximum Gasteiger partial charge on any atom is 0.331 e. The minimum Gasteiger partial charge on any atom is -0.479 e. The fourth-order valence-electron chi connectivity index (χ4n) is 1.81. The van der Waals surface area contributed by atoms with Crippen molar-refractivity contribution in [1.82, 2.24) is 0 Å². The predicted molar refractivity (Wildman–Crippen MR) is 96.4 cm³/mol. The molecule has 0 unspecified atom stereocenters. The highest BCUT2D eigenvalue weighted by Gasteiger charge is 2.40. The summed E-state index contributed by atoms with van der Waals surface area (Å²) >= 11 is 0. The van der Waals surface area contributed by atoms with Crippen LogP contribution in [0.3, 0.4) is 0 Å². The first-order chi connectivity index (χ1) is 11.1. The van der Waals surface area contributed by atoms with E-state index in [2.05, 4.69) is 20.8 Å². The highest BCUT2D eigenvalue weighted by Crippen LogP contribution is 2.37. The van der Waals surface area contributed by atoms with Crippen molar-refractivity contribution < 1.29 is 23.8 Å². The van der Waals surface area contributed by atoms with E-state index in [1.54, 1.807) is 0 Å².